The number of aromatic nitrogens is 2. The summed E-state index contributed by atoms with van der Waals surface area (Å²) in [6, 6.07) is 15.3. The molecular formula is C31H25Cl2FN4O3. The van der Waals surface area contributed by atoms with Crippen molar-refractivity contribution in [2.75, 3.05) is 11.9 Å². The van der Waals surface area contributed by atoms with Crippen molar-refractivity contribution in [3.8, 4) is 0 Å². The number of aryl methyl sites for hydroxylation is 1. The maximum absolute atomic E-state index is 16.2. The molecule has 1 amide bonds. The maximum Gasteiger partial charge on any atom is 0.337 e. The van der Waals surface area contributed by atoms with Crippen LogP contribution < -0.4 is 5.32 Å². The number of hydrogen-bond acceptors (Lipinski definition) is 4. The first kappa shape index (κ1) is 25.3. The van der Waals surface area contributed by atoms with E-state index in [2.05, 4.69) is 10.2 Å². The zero-order valence-corrected chi connectivity index (χ0v) is 23.3. The Morgan fingerprint density at radius 1 is 1.12 bits per heavy atom. The number of hydrogen-bond donors (Lipinski definition) is 2. The number of aromatic carboxylic acids is 1. The first-order valence-electron chi connectivity index (χ1n) is 13.8. The fourth-order valence-corrected chi connectivity index (χ4v) is 8.17. The van der Waals surface area contributed by atoms with Gasteiger partial charge in [0, 0.05) is 47.2 Å². The van der Waals surface area contributed by atoms with Gasteiger partial charge in [-0.3, -0.25) is 9.69 Å². The molecule has 3 aliphatic heterocycles. The van der Waals surface area contributed by atoms with Crippen molar-refractivity contribution in [1.82, 2.24) is 14.5 Å². The smallest absolute Gasteiger partial charge is 0.337 e. The number of para-hydroxylation sites is 1. The largest absolute Gasteiger partial charge is 0.478 e. The summed E-state index contributed by atoms with van der Waals surface area (Å²) in [6.07, 6.45) is 2.81. The number of nitrogens with one attached hydrogen (secondary N) is 1. The molecule has 4 heterocycles. The van der Waals surface area contributed by atoms with Crippen molar-refractivity contribution in [3.05, 3.63) is 93.0 Å². The van der Waals surface area contributed by atoms with Gasteiger partial charge in [-0.25, -0.2) is 14.2 Å². The molecule has 1 saturated carbocycles. The molecule has 0 bridgehead atoms. The van der Waals surface area contributed by atoms with E-state index in [9.17, 15) is 14.7 Å². The lowest BCUT2D eigenvalue weighted by Crippen LogP contribution is -2.53. The Morgan fingerprint density at radius 2 is 1.93 bits per heavy atom. The van der Waals surface area contributed by atoms with Gasteiger partial charge in [0.1, 0.15) is 17.2 Å². The number of rotatable bonds is 4. The molecule has 4 aromatic rings. The third-order valence-corrected chi connectivity index (χ3v) is 10.0. The quantitative estimate of drug-likeness (QED) is 0.287. The number of carbonyl (C=O) groups excluding carboxylic acids is 1. The molecule has 1 aliphatic carbocycles. The number of carbonyl (C=O) groups is 2. The SMILES string of the molecule is O=C(O)c1cccc2nc3n(c12)CC[C@H]1[C@@H]3[C@H](c2cccc(Cl)c2F)[C@]2(C(=O)Nc3cc(Cl)ccc32)N1CC1CC1. The minimum absolute atomic E-state index is 0.0120. The van der Waals surface area contributed by atoms with Crippen LogP contribution in [0.25, 0.3) is 11.0 Å². The molecule has 0 unspecified atom stereocenters. The summed E-state index contributed by atoms with van der Waals surface area (Å²) in [5.74, 6) is -1.78. The number of amides is 1. The van der Waals surface area contributed by atoms with Crippen LogP contribution in [0.5, 0.6) is 0 Å². The topological polar surface area (TPSA) is 87.5 Å². The summed E-state index contributed by atoms with van der Waals surface area (Å²) >= 11 is 12.7. The Morgan fingerprint density at radius 3 is 2.71 bits per heavy atom. The zero-order chi connectivity index (χ0) is 28.2. The van der Waals surface area contributed by atoms with Gasteiger partial charge in [-0.1, -0.05) is 47.5 Å². The Bertz CT molecular complexity index is 1800. The van der Waals surface area contributed by atoms with Crippen molar-refractivity contribution in [3.63, 3.8) is 0 Å². The highest BCUT2D eigenvalue weighted by molar-refractivity contribution is 6.31. The fraction of sp³-hybridized carbons (Fsp3) is 0.323. The third-order valence-electron chi connectivity index (χ3n) is 9.51. The number of carboxylic acids is 1. The van der Waals surface area contributed by atoms with Crippen molar-refractivity contribution in [2.24, 2.45) is 5.92 Å². The third kappa shape index (κ3) is 3.38. The molecule has 7 nitrogen and oxygen atoms in total. The lowest BCUT2D eigenvalue weighted by molar-refractivity contribution is -0.128. The van der Waals surface area contributed by atoms with Crippen LogP contribution in [-0.4, -0.2) is 44.0 Å². The summed E-state index contributed by atoms with van der Waals surface area (Å²) in [4.78, 5) is 34.0. The molecule has 41 heavy (non-hydrogen) atoms. The Hall–Kier alpha value is -3.46. The number of halogens is 3. The first-order valence-corrected chi connectivity index (χ1v) is 14.6. The number of benzene rings is 3. The number of fused-ring (bicyclic) bond motifs is 7. The fourth-order valence-electron chi connectivity index (χ4n) is 7.81. The molecule has 2 N–H and O–H groups in total. The van der Waals surface area contributed by atoms with Crippen LogP contribution in [0.2, 0.25) is 10.0 Å². The van der Waals surface area contributed by atoms with E-state index < -0.39 is 29.2 Å². The molecule has 8 rings (SSSR count). The Kier molecular flexibility index (Phi) is 5.40. The van der Waals surface area contributed by atoms with E-state index in [1.165, 1.54) is 6.07 Å². The van der Waals surface area contributed by atoms with Crippen molar-refractivity contribution in [2.45, 2.75) is 49.2 Å². The van der Waals surface area contributed by atoms with Crippen LogP contribution >= 0.6 is 23.2 Å². The molecule has 3 aromatic carbocycles. The summed E-state index contributed by atoms with van der Waals surface area (Å²) in [7, 11) is 0. The van der Waals surface area contributed by atoms with Crippen LogP contribution in [0, 0.1) is 11.7 Å². The van der Waals surface area contributed by atoms with E-state index in [-0.39, 0.29) is 22.5 Å². The molecule has 1 spiro atoms. The van der Waals surface area contributed by atoms with Gasteiger partial charge in [0.2, 0.25) is 5.91 Å². The normalized spacial score (nSPS) is 26.7. The van der Waals surface area contributed by atoms with E-state index in [1.807, 2.05) is 16.7 Å². The molecule has 1 aromatic heterocycles. The van der Waals surface area contributed by atoms with Gasteiger partial charge in [-0.05, 0) is 61.1 Å². The Labute approximate surface area is 244 Å². The van der Waals surface area contributed by atoms with Gasteiger partial charge in [0.15, 0.2) is 0 Å². The molecule has 0 radical (unpaired) electrons. The molecule has 10 heteroatoms. The van der Waals surface area contributed by atoms with E-state index in [1.54, 1.807) is 36.4 Å². The summed E-state index contributed by atoms with van der Waals surface area (Å²) in [5, 5.41) is 13.6. The summed E-state index contributed by atoms with van der Waals surface area (Å²) in [6.45, 7) is 1.23. The van der Waals surface area contributed by atoms with Gasteiger partial charge in [0.05, 0.1) is 21.6 Å². The van der Waals surface area contributed by atoms with Crippen LogP contribution in [0.3, 0.4) is 0 Å². The Balaban J connectivity index is 1.45. The minimum Gasteiger partial charge on any atom is -0.478 e. The molecule has 4 atom stereocenters. The van der Waals surface area contributed by atoms with Gasteiger partial charge in [-0.2, -0.15) is 0 Å². The second-order valence-corrected chi connectivity index (χ2v) is 12.5. The maximum atomic E-state index is 16.2. The van der Waals surface area contributed by atoms with Crippen LogP contribution in [0.4, 0.5) is 10.1 Å². The molecular weight excluding hydrogens is 566 g/mol. The van der Waals surface area contributed by atoms with Gasteiger partial charge in [0.25, 0.3) is 0 Å². The number of anilines is 1. The number of imidazole rings is 1. The monoisotopic (exact) mass is 590 g/mol. The van der Waals surface area contributed by atoms with Crippen molar-refractivity contribution in [1.29, 1.82) is 0 Å². The molecule has 208 valence electrons. The van der Waals surface area contributed by atoms with Gasteiger partial charge < -0.3 is 15.0 Å². The van der Waals surface area contributed by atoms with Crippen LogP contribution in [-0.2, 0) is 16.9 Å². The minimum atomic E-state index is -1.23. The van der Waals surface area contributed by atoms with E-state index in [4.69, 9.17) is 28.2 Å². The summed E-state index contributed by atoms with van der Waals surface area (Å²) < 4.78 is 18.1. The van der Waals surface area contributed by atoms with E-state index in [0.717, 1.165) is 18.4 Å². The molecule has 2 fully saturated rings. The lowest BCUT2D eigenvalue weighted by atomic mass is 9.70. The highest BCUT2D eigenvalue weighted by Crippen LogP contribution is 2.64. The van der Waals surface area contributed by atoms with Crippen molar-refractivity contribution < 1.29 is 19.1 Å². The predicted octanol–water partition coefficient (Wildman–Crippen LogP) is 6.39. The van der Waals surface area contributed by atoms with Gasteiger partial charge in [-0.15, -0.1) is 0 Å². The van der Waals surface area contributed by atoms with Crippen LogP contribution in [0.15, 0.2) is 54.6 Å². The first-order chi connectivity index (χ1) is 19.8. The number of likely N-dealkylation sites (tertiary alicyclic amines) is 1. The van der Waals surface area contributed by atoms with Crippen LogP contribution in [0.1, 0.15) is 58.4 Å². The molecule has 4 aliphatic rings. The average molecular weight is 591 g/mol. The highest BCUT2D eigenvalue weighted by atomic mass is 35.5. The second-order valence-electron chi connectivity index (χ2n) is 11.6. The lowest BCUT2D eigenvalue weighted by Gasteiger charge is -2.40. The number of nitrogens with zero attached hydrogens (tertiary/aromatic N) is 3. The number of carboxylic acid groups (broad SMARTS) is 1. The van der Waals surface area contributed by atoms with E-state index in [0.29, 0.717) is 58.6 Å². The average Bonchev–Trinajstić information content (AvgIpc) is 3.53. The predicted molar refractivity (Wildman–Crippen MR) is 153 cm³/mol. The highest BCUT2D eigenvalue weighted by Gasteiger charge is 2.69. The van der Waals surface area contributed by atoms with E-state index >= 15 is 4.39 Å². The van der Waals surface area contributed by atoms with Gasteiger partial charge >= 0.3 is 5.97 Å². The second kappa shape index (κ2) is 8.77. The standard InChI is InChI=1S/C31H25Cl2FN4O3/c32-16-9-10-19-22(13-16)36-30(41)31(19)25(17-3-1-5-20(33)26(17)34)24-23(38(31)14-15-7-8-15)11-12-37-27-18(29(39)40)4-2-6-21(27)35-28(24)37/h1-6,9-10,13,15,23-25H,7-8,11-12,14H2,(H,36,41)(H,39,40)/t23-,24+,25-,31+/m0/s1. The van der Waals surface area contributed by atoms with Crippen molar-refractivity contribution >= 4 is 51.8 Å². The summed E-state index contributed by atoms with van der Waals surface area (Å²) in [5.41, 5.74) is 1.80. The molecule has 1 saturated heterocycles. The zero-order valence-electron chi connectivity index (χ0n) is 21.8.